The van der Waals surface area contributed by atoms with E-state index in [1.807, 2.05) is 0 Å². The van der Waals surface area contributed by atoms with Crippen LogP contribution in [0.2, 0.25) is 5.02 Å². The number of ether oxygens (including phenoxy) is 1. The molecule has 2 heterocycles. The second-order valence-electron chi connectivity index (χ2n) is 5.87. The first-order valence-electron chi connectivity index (χ1n) is 7.76. The predicted octanol–water partition coefficient (Wildman–Crippen LogP) is 3.10. The highest BCUT2D eigenvalue weighted by atomic mass is 35.5. The van der Waals surface area contributed by atoms with Gasteiger partial charge in [0.15, 0.2) is 5.76 Å². The van der Waals surface area contributed by atoms with Gasteiger partial charge in [0, 0.05) is 35.2 Å². The Balaban J connectivity index is 1.97. The van der Waals surface area contributed by atoms with Gasteiger partial charge in [0.2, 0.25) is 0 Å². The van der Waals surface area contributed by atoms with Crippen molar-refractivity contribution in [2.45, 2.75) is 25.8 Å². The minimum Gasteiger partial charge on any atom is -0.480 e. The zero-order chi connectivity index (χ0) is 17.3. The van der Waals surface area contributed by atoms with Crippen molar-refractivity contribution in [1.29, 1.82) is 0 Å². The third-order valence-corrected chi connectivity index (χ3v) is 4.53. The summed E-state index contributed by atoms with van der Waals surface area (Å²) < 4.78 is 11.0. The smallest absolute Gasteiger partial charge is 0.323 e. The summed E-state index contributed by atoms with van der Waals surface area (Å²) in [5.41, 5.74) is 1.22. The van der Waals surface area contributed by atoms with Crippen LogP contribution in [0.3, 0.4) is 0 Å². The van der Waals surface area contributed by atoms with Gasteiger partial charge in [-0.25, -0.2) is 0 Å². The number of nitrogens with zero attached hydrogens (tertiary/aromatic N) is 1. The minimum absolute atomic E-state index is 0.167. The maximum Gasteiger partial charge on any atom is 0.323 e. The molecule has 1 fully saturated rings. The Morgan fingerprint density at radius 2 is 2.04 bits per heavy atom. The first kappa shape index (κ1) is 16.8. The largest absolute Gasteiger partial charge is 0.480 e. The van der Waals surface area contributed by atoms with E-state index in [-0.39, 0.29) is 18.3 Å². The van der Waals surface area contributed by atoms with E-state index in [9.17, 15) is 14.7 Å². The lowest BCUT2D eigenvalue weighted by Gasteiger charge is -2.32. The molecule has 7 heteroatoms. The van der Waals surface area contributed by atoms with E-state index in [0.717, 1.165) is 5.39 Å². The van der Waals surface area contributed by atoms with E-state index >= 15 is 0 Å². The Bertz CT molecular complexity index is 779. The first-order valence-corrected chi connectivity index (χ1v) is 8.14. The zero-order valence-electron chi connectivity index (χ0n) is 13.3. The number of hydrogen-bond donors (Lipinski definition) is 1. The van der Waals surface area contributed by atoms with Crippen LogP contribution in [0.1, 0.15) is 29.0 Å². The van der Waals surface area contributed by atoms with Crippen LogP contribution in [-0.4, -0.2) is 47.7 Å². The van der Waals surface area contributed by atoms with E-state index in [2.05, 4.69) is 0 Å². The van der Waals surface area contributed by atoms with Crippen LogP contribution in [0, 0.1) is 6.92 Å². The van der Waals surface area contributed by atoms with Crippen molar-refractivity contribution in [3.8, 4) is 0 Å². The fourth-order valence-electron chi connectivity index (χ4n) is 3.04. The number of amides is 1. The highest BCUT2D eigenvalue weighted by Gasteiger charge is 2.31. The van der Waals surface area contributed by atoms with Crippen molar-refractivity contribution in [1.82, 2.24) is 4.90 Å². The number of furan rings is 1. The molecular formula is C17H18ClNO5. The molecular weight excluding hydrogens is 334 g/mol. The minimum atomic E-state index is -1.05. The van der Waals surface area contributed by atoms with Crippen LogP contribution in [0.4, 0.5) is 0 Å². The number of benzene rings is 1. The van der Waals surface area contributed by atoms with E-state index in [1.54, 1.807) is 25.1 Å². The van der Waals surface area contributed by atoms with Crippen LogP contribution in [0.5, 0.6) is 0 Å². The monoisotopic (exact) mass is 351 g/mol. The molecule has 0 bridgehead atoms. The number of carbonyl (C=O) groups is 2. The lowest BCUT2D eigenvalue weighted by atomic mass is 10.1. The van der Waals surface area contributed by atoms with E-state index < -0.39 is 11.9 Å². The van der Waals surface area contributed by atoms with Gasteiger partial charge in [0.1, 0.15) is 12.1 Å². The Kier molecular flexibility index (Phi) is 4.78. The SMILES string of the molecule is Cc1c(C(=O)N(CC(=O)O)C2CCOCC2)oc2ccc(Cl)cc12. The van der Waals surface area contributed by atoms with Gasteiger partial charge in [0.25, 0.3) is 5.91 Å². The number of aryl methyl sites for hydroxylation is 1. The molecule has 0 radical (unpaired) electrons. The first-order chi connectivity index (χ1) is 11.5. The third kappa shape index (κ3) is 3.25. The van der Waals surface area contributed by atoms with Crippen molar-refractivity contribution in [3.05, 3.63) is 34.5 Å². The summed E-state index contributed by atoms with van der Waals surface area (Å²) in [6.45, 7) is 2.45. The van der Waals surface area contributed by atoms with Gasteiger partial charge in [-0.1, -0.05) is 11.6 Å². The Hall–Kier alpha value is -2.05. The normalized spacial score (nSPS) is 15.6. The molecule has 24 heavy (non-hydrogen) atoms. The van der Waals surface area contributed by atoms with Crippen molar-refractivity contribution in [2.24, 2.45) is 0 Å². The van der Waals surface area contributed by atoms with Gasteiger partial charge in [0.05, 0.1) is 0 Å². The average molecular weight is 352 g/mol. The van der Waals surface area contributed by atoms with Crippen LogP contribution >= 0.6 is 11.6 Å². The van der Waals surface area contributed by atoms with Crippen molar-refractivity contribution in [2.75, 3.05) is 19.8 Å². The summed E-state index contributed by atoms with van der Waals surface area (Å²) in [5, 5.41) is 10.5. The molecule has 128 valence electrons. The molecule has 0 saturated carbocycles. The maximum absolute atomic E-state index is 13.0. The second kappa shape index (κ2) is 6.83. The van der Waals surface area contributed by atoms with Gasteiger partial charge in [-0.2, -0.15) is 0 Å². The summed E-state index contributed by atoms with van der Waals surface area (Å²) >= 11 is 6.00. The third-order valence-electron chi connectivity index (χ3n) is 4.29. The standard InChI is InChI=1S/C17H18ClNO5/c1-10-13-8-11(18)2-3-14(13)24-16(10)17(22)19(9-15(20)21)12-4-6-23-7-5-12/h2-3,8,12H,4-7,9H2,1H3,(H,20,21). The van der Waals surface area contributed by atoms with Crippen LogP contribution in [0.15, 0.2) is 22.6 Å². The van der Waals surface area contributed by atoms with Crippen LogP contribution in [-0.2, 0) is 9.53 Å². The Morgan fingerprint density at radius 1 is 1.33 bits per heavy atom. The Labute approximate surface area is 143 Å². The predicted molar refractivity (Wildman–Crippen MR) is 88.5 cm³/mol. The van der Waals surface area contributed by atoms with Gasteiger partial charge < -0.3 is 19.2 Å². The fraction of sp³-hybridized carbons (Fsp3) is 0.412. The number of halogens is 1. The Morgan fingerprint density at radius 3 is 2.71 bits per heavy atom. The van der Waals surface area contributed by atoms with Crippen LogP contribution < -0.4 is 0 Å². The molecule has 1 amide bonds. The molecule has 3 rings (SSSR count). The molecule has 1 aliphatic heterocycles. The van der Waals surface area contributed by atoms with Gasteiger partial charge in [-0.05, 0) is 38.0 Å². The topological polar surface area (TPSA) is 80.0 Å². The number of fused-ring (bicyclic) bond motifs is 1. The van der Waals surface area contributed by atoms with Gasteiger partial charge in [-0.3, -0.25) is 9.59 Å². The molecule has 1 aromatic heterocycles. The lowest BCUT2D eigenvalue weighted by molar-refractivity contribution is -0.138. The number of carboxylic acid groups (broad SMARTS) is 1. The number of carbonyl (C=O) groups excluding carboxylic acids is 1. The zero-order valence-corrected chi connectivity index (χ0v) is 14.0. The molecule has 2 aromatic rings. The highest BCUT2D eigenvalue weighted by Crippen LogP contribution is 2.29. The molecule has 0 atom stereocenters. The quantitative estimate of drug-likeness (QED) is 0.915. The van der Waals surface area contributed by atoms with E-state index in [4.69, 9.17) is 20.8 Å². The van der Waals surface area contributed by atoms with Gasteiger partial charge >= 0.3 is 5.97 Å². The number of carboxylic acids is 1. The molecule has 6 nitrogen and oxygen atoms in total. The molecule has 0 unspecified atom stereocenters. The maximum atomic E-state index is 13.0. The summed E-state index contributed by atoms with van der Waals surface area (Å²) in [7, 11) is 0. The van der Waals surface area contributed by atoms with E-state index in [0.29, 0.717) is 42.2 Å². The second-order valence-corrected chi connectivity index (χ2v) is 6.30. The van der Waals surface area contributed by atoms with Crippen molar-refractivity contribution >= 4 is 34.4 Å². The molecule has 0 spiro atoms. The number of aliphatic carboxylic acids is 1. The lowest BCUT2D eigenvalue weighted by Crippen LogP contribution is -2.46. The molecule has 1 N–H and O–H groups in total. The highest BCUT2D eigenvalue weighted by molar-refractivity contribution is 6.31. The summed E-state index contributed by atoms with van der Waals surface area (Å²) in [5.74, 6) is -1.29. The van der Waals surface area contributed by atoms with E-state index in [1.165, 1.54) is 4.90 Å². The summed E-state index contributed by atoms with van der Waals surface area (Å²) in [6, 6.07) is 4.97. The summed E-state index contributed by atoms with van der Waals surface area (Å²) in [6.07, 6.45) is 1.23. The van der Waals surface area contributed by atoms with Gasteiger partial charge in [-0.15, -0.1) is 0 Å². The number of hydrogen-bond acceptors (Lipinski definition) is 4. The van der Waals surface area contributed by atoms with Crippen molar-refractivity contribution < 1.29 is 23.8 Å². The average Bonchev–Trinajstić information content (AvgIpc) is 2.89. The molecule has 0 aliphatic carbocycles. The fourth-order valence-corrected chi connectivity index (χ4v) is 3.21. The van der Waals surface area contributed by atoms with Crippen LogP contribution in [0.25, 0.3) is 11.0 Å². The molecule has 1 aromatic carbocycles. The molecule has 1 saturated heterocycles. The number of rotatable bonds is 4. The summed E-state index contributed by atoms with van der Waals surface area (Å²) in [4.78, 5) is 25.5. The van der Waals surface area contributed by atoms with Crippen molar-refractivity contribution in [3.63, 3.8) is 0 Å². The molecule has 1 aliphatic rings.